The van der Waals surface area contributed by atoms with Gasteiger partial charge in [-0.1, -0.05) is 18.2 Å². The van der Waals surface area contributed by atoms with Gasteiger partial charge in [0.05, 0.1) is 48.7 Å². The van der Waals surface area contributed by atoms with Gasteiger partial charge < -0.3 is 19.1 Å². The number of pyridine rings is 1. The van der Waals surface area contributed by atoms with Crippen LogP contribution in [0.3, 0.4) is 0 Å². The maximum atomic E-state index is 16.0. The van der Waals surface area contributed by atoms with Crippen LogP contribution in [0, 0.1) is 11.8 Å². The molecule has 4 aliphatic heterocycles. The molecule has 1 N–H and O–H groups in total. The van der Waals surface area contributed by atoms with Crippen molar-refractivity contribution in [3.05, 3.63) is 95.2 Å². The SMILES string of the molecule is CCOc1cc([C@@H](CS(C)(=O)=O)N2C(=O)c3cnc(N4CCC([C@H]5CCN(Cc6ccc(Oc7ccc8c(N9CCC(=O)NC9=O)nn(C)c8c7)cc6)CC5(F)F)CC4)cc3C2=O)ccc1OC. The average Bonchev–Trinajstić information content (AvgIpc) is 3.76. The third-order valence-corrected chi connectivity index (χ3v) is 14.2. The number of carbonyl (C=O) groups is 4. The zero-order valence-corrected chi connectivity index (χ0v) is 38.9. The molecule has 9 rings (SSSR count). The van der Waals surface area contributed by atoms with Gasteiger partial charge in [-0.25, -0.2) is 27.0 Å². The number of methoxy groups -OCH3 is 1. The summed E-state index contributed by atoms with van der Waals surface area (Å²) in [4.78, 5) is 62.6. The molecular weight excluding hydrogens is 903 g/mol. The number of rotatable bonds is 14. The van der Waals surface area contributed by atoms with E-state index in [4.69, 9.17) is 14.2 Å². The molecule has 358 valence electrons. The van der Waals surface area contributed by atoms with Crippen molar-refractivity contribution in [3.63, 3.8) is 0 Å². The van der Waals surface area contributed by atoms with Crippen molar-refractivity contribution in [2.45, 2.75) is 51.1 Å². The molecule has 68 heavy (non-hydrogen) atoms. The smallest absolute Gasteiger partial charge is 0.329 e. The van der Waals surface area contributed by atoms with Gasteiger partial charge >= 0.3 is 6.03 Å². The molecule has 0 saturated carbocycles. The number of halogens is 2. The van der Waals surface area contributed by atoms with Crippen LogP contribution in [-0.2, 0) is 28.2 Å². The fourth-order valence-corrected chi connectivity index (χ4v) is 10.9. The molecule has 5 amide bonds. The Morgan fingerprint density at radius 2 is 1.62 bits per heavy atom. The van der Waals surface area contributed by atoms with Crippen molar-refractivity contribution in [2.24, 2.45) is 18.9 Å². The average molecular weight is 955 g/mol. The Kier molecular flexibility index (Phi) is 12.6. The number of carbonyl (C=O) groups excluding carboxylic acids is 4. The van der Waals surface area contributed by atoms with E-state index in [9.17, 15) is 27.6 Å². The van der Waals surface area contributed by atoms with Gasteiger partial charge in [-0.2, -0.15) is 5.10 Å². The van der Waals surface area contributed by atoms with Crippen LogP contribution in [0.4, 0.5) is 25.2 Å². The minimum atomic E-state index is -3.69. The Morgan fingerprint density at radius 3 is 2.31 bits per heavy atom. The fraction of sp³-hybridized carbons (Fsp3) is 0.417. The molecule has 0 spiro atoms. The maximum absolute atomic E-state index is 16.0. The lowest BCUT2D eigenvalue weighted by Crippen LogP contribution is -2.52. The van der Waals surface area contributed by atoms with Gasteiger partial charge in [-0.05, 0) is 92.2 Å². The standard InChI is InChI=1S/C48H52F2N8O9S/c1-5-66-41-22-31(8-13-40(41)65-3)39(27-68(4,63)64)58-45(60)35-24-42(51-25-36(35)46(58)61)56-19-14-30(15-20-56)37-16-18-55(28-48(37,49)50)26-29-6-9-32(10-7-29)67-33-11-12-34-38(23-33)54(2)53-44(34)57-21-17-43(59)52-47(57)62/h6-13,22-25,30,37,39H,5,14-21,26-28H2,1-4H3,(H,52,59,62)/t37-,39-/m1/s1. The molecule has 5 aromatic rings. The second-order valence-electron chi connectivity index (χ2n) is 17.8. The Balaban J connectivity index is 0.796. The number of nitrogens with zero attached hydrogens (tertiary/aromatic N) is 7. The summed E-state index contributed by atoms with van der Waals surface area (Å²) >= 11 is 0. The zero-order valence-electron chi connectivity index (χ0n) is 38.1. The number of alkyl halides is 2. The van der Waals surface area contributed by atoms with Gasteiger partial charge in [0, 0.05) is 69.5 Å². The molecule has 6 heterocycles. The fourth-order valence-electron chi connectivity index (χ4n) is 9.95. The number of nitrogens with one attached hydrogen (secondary N) is 1. The summed E-state index contributed by atoms with van der Waals surface area (Å²) < 4.78 is 76.2. The minimum absolute atomic E-state index is 0.0590. The third kappa shape index (κ3) is 9.30. The molecule has 0 unspecified atom stereocenters. The first-order chi connectivity index (χ1) is 32.5. The predicted octanol–water partition coefficient (Wildman–Crippen LogP) is 6.37. The lowest BCUT2D eigenvalue weighted by Gasteiger charge is -2.44. The number of hydrogen-bond acceptors (Lipinski definition) is 13. The maximum Gasteiger partial charge on any atom is 0.329 e. The van der Waals surface area contributed by atoms with E-state index in [1.54, 1.807) is 66.0 Å². The van der Waals surface area contributed by atoms with E-state index in [0.29, 0.717) is 92.2 Å². The zero-order chi connectivity index (χ0) is 48.1. The molecular formula is C48H52F2N8O9S. The van der Waals surface area contributed by atoms with Gasteiger partial charge in [0.2, 0.25) is 5.91 Å². The van der Waals surface area contributed by atoms with E-state index < -0.39 is 51.3 Å². The summed E-state index contributed by atoms with van der Waals surface area (Å²) in [6.45, 7) is 3.71. The predicted molar refractivity (Wildman–Crippen MR) is 247 cm³/mol. The van der Waals surface area contributed by atoms with Crippen LogP contribution in [0.15, 0.2) is 72.9 Å². The molecule has 3 aromatic carbocycles. The van der Waals surface area contributed by atoms with E-state index in [0.717, 1.165) is 27.6 Å². The Bertz CT molecular complexity index is 2910. The Morgan fingerprint density at radius 1 is 0.882 bits per heavy atom. The number of imide groups is 2. The van der Waals surface area contributed by atoms with E-state index >= 15 is 8.78 Å². The number of ether oxygens (including phenoxy) is 3. The molecule has 3 saturated heterocycles. The second kappa shape index (κ2) is 18.4. The summed E-state index contributed by atoms with van der Waals surface area (Å²) in [5.74, 6) is -3.30. The number of anilines is 2. The van der Waals surface area contributed by atoms with Crippen LogP contribution in [0.1, 0.15) is 70.5 Å². The van der Waals surface area contributed by atoms with Crippen molar-refractivity contribution in [2.75, 3.05) is 68.2 Å². The topological polar surface area (TPSA) is 186 Å². The van der Waals surface area contributed by atoms with E-state index in [-0.39, 0.29) is 42.5 Å². The number of likely N-dealkylation sites (tertiary alicyclic amines) is 1. The highest BCUT2D eigenvalue weighted by Gasteiger charge is 2.49. The van der Waals surface area contributed by atoms with E-state index in [1.807, 2.05) is 29.2 Å². The molecule has 0 bridgehead atoms. The molecule has 20 heteroatoms. The van der Waals surface area contributed by atoms with Crippen LogP contribution >= 0.6 is 0 Å². The van der Waals surface area contributed by atoms with Gasteiger partial charge in [0.25, 0.3) is 17.7 Å². The van der Waals surface area contributed by atoms with Gasteiger partial charge in [0.15, 0.2) is 17.3 Å². The summed E-state index contributed by atoms with van der Waals surface area (Å²) in [6, 6.07) is 17.4. The number of benzene rings is 3. The van der Waals surface area contributed by atoms with Crippen molar-refractivity contribution in [3.8, 4) is 23.0 Å². The highest BCUT2D eigenvalue weighted by molar-refractivity contribution is 7.90. The molecule has 17 nitrogen and oxygen atoms in total. The van der Waals surface area contributed by atoms with E-state index in [1.165, 1.54) is 18.2 Å². The van der Waals surface area contributed by atoms with Crippen LogP contribution in [-0.4, -0.2) is 121 Å². The van der Waals surface area contributed by atoms with Crippen molar-refractivity contribution < 1.29 is 50.6 Å². The Hall–Kier alpha value is -6.67. The number of aryl methyl sites for hydroxylation is 1. The van der Waals surface area contributed by atoms with Crippen molar-refractivity contribution in [1.29, 1.82) is 0 Å². The largest absolute Gasteiger partial charge is 0.493 e. The quantitative estimate of drug-likeness (QED) is 0.121. The molecule has 3 fully saturated rings. The van der Waals surface area contributed by atoms with Crippen LogP contribution in [0.2, 0.25) is 0 Å². The summed E-state index contributed by atoms with van der Waals surface area (Å²) in [5, 5.41) is 7.57. The Labute approximate surface area is 391 Å². The lowest BCUT2D eigenvalue weighted by atomic mass is 9.76. The first-order valence-electron chi connectivity index (χ1n) is 22.6. The van der Waals surface area contributed by atoms with Crippen molar-refractivity contribution >= 4 is 56.1 Å². The number of piperidine rings is 2. The van der Waals surface area contributed by atoms with Crippen LogP contribution in [0.25, 0.3) is 10.9 Å². The first-order valence-corrected chi connectivity index (χ1v) is 24.6. The number of sulfone groups is 1. The van der Waals surface area contributed by atoms with Crippen LogP contribution in [0.5, 0.6) is 23.0 Å². The normalized spacial score (nSPS) is 19.6. The highest BCUT2D eigenvalue weighted by atomic mass is 32.2. The number of urea groups is 1. The minimum Gasteiger partial charge on any atom is -0.493 e. The number of fused-ring (bicyclic) bond motifs is 2. The van der Waals surface area contributed by atoms with Crippen LogP contribution < -0.4 is 29.3 Å². The molecule has 0 aliphatic carbocycles. The number of aromatic nitrogens is 3. The second-order valence-corrected chi connectivity index (χ2v) is 20.0. The number of amides is 5. The summed E-state index contributed by atoms with van der Waals surface area (Å²) in [6.07, 6.45) is 3.91. The van der Waals surface area contributed by atoms with Gasteiger partial charge in [-0.3, -0.25) is 39.1 Å². The summed E-state index contributed by atoms with van der Waals surface area (Å²) in [7, 11) is -0.452. The van der Waals surface area contributed by atoms with E-state index in [2.05, 4.69) is 15.4 Å². The summed E-state index contributed by atoms with van der Waals surface area (Å²) in [5.41, 5.74) is 2.15. The molecule has 2 aromatic heterocycles. The third-order valence-electron chi connectivity index (χ3n) is 13.3. The lowest BCUT2D eigenvalue weighted by molar-refractivity contribution is -0.133. The molecule has 4 aliphatic rings. The first kappa shape index (κ1) is 46.4. The van der Waals surface area contributed by atoms with Gasteiger partial charge in [-0.15, -0.1) is 0 Å². The van der Waals surface area contributed by atoms with Gasteiger partial charge in [0.1, 0.15) is 27.2 Å². The van der Waals surface area contributed by atoms with Crippen molar-refractivity contribution in [1.82, 2.24) is 29.9 Å². The highest BCUT2D eigenvalue weighted by Crippen LogP contribution is 2.43. The monoisotopic (exact) mass is 954 g/mol. The number of hydrogen-bond donors (Lipinski definition) is 1. The molecule has 2 atom stereocenters. The molecule has 0 radical (unpaired) electrons.